The van der Waals surface area contributed by atoms with Gasteiger partial charge in [0.1, 0.15) is 0 Å². The third-order valence-electron chi connectivity index (χ3n) is 5.93. The molecule has 0 heterocycles. The molecule has 0 radical (unpaired) electrons. The molecule has 0 N–H and O–H groups in total. The molecule has 1 aliphatic carbocycles. The van der Waals surface area contributed by atoms with Gasteiger partial charge in [-0.3, -0.25) is 0 Å². The van der Waals surface area contributed by atoms with Gasteiger partial charge in [0.15, 0.2) is 0 Å². The Kier molecular flexibility index (Phi) is 8.16. The molecule has 0 nitrogen and oxygen atoms in total. The van der Waals surface area contributed by atoms with Crippen LogP contribution < -0.4 is 0 Å². The van der Waals surface area contributed by atoms with E-state index in [9.17, 15) is 0 Å². The summed E-state index contributed by atoms with van der Waals surface area (Å²) in [5, 5.41) is 0. The van der Waals surface area contributed by atoms with Crippen molar-refractivity contribution in [3.8, 4) is 11.1 Å². The minimum atomic E-state index is 0.218. The van der Waals surface area contributed by atoms with Crippen molar-refractivity contribution >= 4 is 39.4 Å². The van der Waals surface area contributed by atoms with Gasteiger partial charge in [-0.15, -0.1) is 0 Å². The smallest absolute Gasteiger partial charge is 0.00504 e. The first-order valence-electron chi connectivity index (χ1n) is 9.99. The Labute approximate surface area is 179 Å². The lowest BCUT2D eigenvalue weighted by Gasteiger charge is -2.28. The zero-order valence-corrected chi connectivity index (χ0v) is 20.2. The predicted octanol–water partition coefficient (Wildman–Crippen LogP) is 8.65. The van der Waals surface area contributed by atoms with Gasteiger partial charge in [0, 0.05) is 5.92 Å². The Bertz CT molecular complexity index is 692. The second kappa shape index (κ2) is 10.4. The zero-order chi connectivity index (χ0) is 18.4. The molecule has 1 fully saturated rings. The SMILES string of the molecule is CCCC1CCC(c2ccc(-c3ccc([C@H](C)C=II)cc3)cc2)CC1. The van der Waals surface area contributed by atoms with Crippen LogP contribution in [0.2, 0.25) is 0 Å². The van der Waals surface area contributed by atoms with Crippen LogP contribution in [0.3, 0.4) is 0 Å². The molecule has 0 unspecified atom stereocenters. The highest BCUT2D eigenvalue weighted by Gasteiger charge is 2.21. The molecule has 1 aliphatic rings. The van der Waals surface area contributed by atoms with Crippen molar-refractivity contribution in [2.75, 3.05) is 0 Å². The van der Waals surface area contributed by atoms with Gasteiger partial charge in [0.25, 0.3) is 0 Å². The first-order valence-corrected chi connectivity index (χ1v) is 17.5. The maximum Gasteiger partial charge on any atom is 0.00504 e. The molecule has 0 aromatic heterocycles. The summed E-state index contributed by atoms with van der Waals surface area (Å²) in [6, 6.07) is 18.6. The summed E-state index contributed by atoms with van der Waals surface area (Å²) in [4.78, 5) is 0. The Morgan fingerprint density at radius 2 is 1.54 bits per heavy atom. The van der Waals surface area contributed by atoms with Crippen LogP contribution in [0, 0.1) is 5.92 Å². The van der Waals surface area contributed by atoms with Gasteiger partial charge in [-0.05, 0) is 82.4 Å². The number of hydrogen-bond acceptors (Lipinski definition) is 0. The van der Waals surface area contributed by atoms with Crippen molar-refractivity contribution in [2.24, 2.45) is 5.92 Å². The van der Waals surface area contributed by atoms with Crippen molar-refractivity contribution in [3.05, 3.63) is 59.7 Å². The molecule has 2 aromatic carbocycles. The number of rotatable bonds is 6. The van der Waals surface area contributed by atoms with Gasteiger partial charge in [-0.2, -0.15) is 0 Å². The first-order chi connectivity index (χ1) is 12.7. The third kappa shape index (κ3) is 5.40. The molecule has 0 spiro atoms. The van der Waals surface area contributed by atoms with Crippen LogP contribution in [0.5, 0.6) is 0 Å². The van der Waals surface area contributed by atoms with E-state index in [1.165, 1.54) is 55.2 Å². The minimum Gasteiger partial charge on any atom is -0.0654 e. The molecule has 3 rings (SSSR count). The fourth-order valence-electron chi connectivity index (χ4n) is 4.26. The predicted molar refractivity (Wildman–Crippen MR) is 134 cm³/mol. The van der Waals surface area contributed by atoms with Crippen LogP contribution in [0.4, 0.5) is 0 Å². The minimum absolute atomic E-state index is 0.218. The Morgan fingerprint density at radius 1 is 0.962 bits per heavy atom. The van der Waals surface area contributed by atoms with Crippen LogP contribution in [-0.4, -0.2) is 4.01 Å². The second-order valence-electron chi connectivity index (χ2n) is 7.75. The molecular formula is C24H30I2. The molecule has 2 aromatic rings. The fourth-order valence-corrected chi connectivity index (χ4v) is 7.82. The quantitative estimate of drug-likeness (QED) is 0.304. The Hall–Kier alpha value is -0.230. The van der Waals surface area contributed by atoms with E-state index in [1.807, 2.05) is 0 Å². The number of halogens is 2. The van der Waals surface area contributed by atoms with E-state index >= 15 is 0 Å². The normalized spacial score (nSPS) is 22.1. The summed E-state index contributed by atoms with van der Waals surface area (Å²) in [7, 11) is 0. The van der Waals surface area contributed by atoms with E-state index in [2.05, 4.69) is 85.0 Å². The molecule has 140 valence electrons. The summed E-state index contributed by atoms with van der Waals surface area (Å²) in [5.41, 5.74) is 5.67. The maximum atomic E-state index is 2.53. The maximum absolute atomic E-state index is 2.53. The fraction of sp³-hybridized carbons (Fsp3) is 0.458. The standard InChI is InChI=1S/C24H30I2/c1-3-4-19-5-7-21(8-6-19)23-13-15-24(16-14-23)22-11-9-20(10-12-22)18(2)17-26-25/h9-19,21H,3-8H2,1-2H3/t18-,19?,21?/m1/s1. The van der Waals surface area contributed by atoms with Crippen molar-refractivity contribution in [2.45, 2.75) is 64.2 Å². The lowest BCUT2D eigenvalue weighted by molar-refractivity contribution is 0.308. The van der Waals surface area contributed by atoms with Gasteiger partial charge < -0.3 is 0 Å². The average Bonchev–Trinajstić information content (AvgIpc) is 2.69. The van der Waals surface area contributed by atoms with E-state index in [1.54, 1.807) is 5.56 Å². The lowest BCUT2D eigenvalue weighted by Crippen LogP contribution is -2.13. The van der Waals surface area contributed by atoms with E-state index < -0.39 is 0 Å². The Balaban J connectivity index is 1.64. The van der Waals surface area contributed by atoms with E-state index in [0.717, 1.165) is 11.8 Å². The van der Waals surface area contributed by atoms with Crippen molar-refractivity contribution in [1.29, 1.82) is 0 Å². The van der Waals surface area contributed by atoms with Crippen molar-refractivity contribution < 1.29 is 0 Å². The van der Waals surface area contributed by atoms with Crippen LogP contribution in [0.25, 0.3) is 11.1 Å². The van der Waals surface area contributed by atoms with Crippen molar-refractivity contribution in [1.82, 2.24) is 0 Å². The number of hydrogen-bond donors (Lipinski definition) is 0. The molecule has 0 bridgehead atoms. The van der Waals surface area contributed by atoms with Gasteiger partial charge in [0.2, 0.25) is 0 Å². The molecule has 0 saturated heterocycles. The third-order valence-corrected chi connectivity index (χ3v) is 9.11. The second-order valence-corrected chi connectivity index (χ2v) is 12.1. The van der Waals surface area contributed by atoms with Crippen molar-refractivity contribution in [3.63, 3.8) is 0 Å². The molecule has 1 atom stereocenters. The molecular weight excluding hydrogens is 542 g/mol. The summed E-state index contributed by atoms with van der Waals surface area (Å²) < 4.78 is 2.47. The monoisotopic (exact) mass is 572 g/mol. The largest absolute Gasteiger partial charge is 0.0654 e. The highest BCUT2D eigenvalue weighted by Crippen LogP contribution is 2.38. The number of benzene rings is 2. The molecule has 26 heavy (non-hydrogen) atoms. The zero-order valence-electron chi connectivity index (χ0n) is 15.9. The van der Waals surface area contributed by atoms with Crippen LogP contribution in [0.15, 0.2) is 48.5 Å². The van der Waals surface area contributed by atoms with Crippen LogP contribution >= 0.6 is 35.4 Å². The highest BCUT2D eigenvalue weighted by atomic mass is 128. The highest BCUT2D eigenvalue weighted by molar-refractivity contribution is 15.0. The Morgan fingerprint density at radius 3 is 2.08 bits per heavy atom. The van der Waals surface area contributed by atoms with Crippen LogP contribution in [0.1, 0.15) is 75.3 Å². The summed E-state index contributed by atoms with van der Waals surface area (Å²) in [6.07, 6.45) is 8.39. The van der Waals surface area contributed by atoms with E-state index in [0.29, 0.717) is 5.92 Å². The summed E-state index contributed by atoms with van der Waals surface area (Å²) >= 11 is 2.74. The van der Waals surface area contributed by atoms with Gasteiger partial charge in [-0.25, -0.2) is 0 Å². The molecule has 2 heteroatoms. The summed E-state index contributed by atoms with van der Waals surface area (Å²) in [6.45, 7) is 4.62. The van der Waals surface area contributed by atoms with E-state index in [4.69, 9.17) is 0 Å². The molecule has 0 amide bonds. The topological polar surface area (TPSA) is 0 Å². The van der Waals surface area contributed by atoms with Gasteiger partial charge in [-0.1, -0.05) is 92.0 Å². The van der Waals surface area contributed by atoms with Crippen LogP contribution in [-0.2, 0) is 0 Å². The molecule has 0 aliphatic heterocycles. The van der Waals surface area contributed by atoms with Gasteiger partial charge in [0.05, 0.1) is 0 Å². The lowest BCUT2D eigenvalue weighted by atomic mass is 9.77. The first kappa shape index (κ1) is 20.5. The average molecular weight is 572 g/mol. The summed E-state index contributed by atoms with van der Waals surface area (Å²) in [5.74, 6) is 2.36. The van der Waals surface area contributed by atoms with E-state index in [-0.39, 0.29) is 16.8 Å². The van der Waals surface area contributed by atoms with Gasteiger partial charge >= 0.3 is 0 Å². The molecule has 1 saturated carbocycles.